The van der Waals surface area contributed by atoms with Crippen LogP contribution in [0.2, 0.25) is 25.1 Å². The minimum atomic E-state index is 0.121. The lowest BCUT2D eigenvalue weighted by molar-refractivity contribution is -0.0484. The van der Waals surface area contributed by atoms with E-state index in [-0.39, 0.29) is 30.9 Å². The van der Waals surface area contributed by atoms with Crippen molar-refractivity contribution in [3.8, 4) is 5.75 Å². The maximum atomic E-state index is 6.02. The maximum Gasteiger partial charge on any atom is 0.187 e. The first-order valence-electron chi connectivity index (χ1n) is 4.88. The number of hydrogen-bond donors (Lipinski definition) is 0. The van der Waals surface area contributed by atoms with Gasteiger partial charge < -0.3 is 4.84 Å². The highest BCUT2D eigenvalue weighted by atomic mass is 35.5. The lowest BCUT2D eigenvalue weighted by Crippen LogP contribution is -2.27. The van der Waals surface area contributed by atoms with Crippen LogP contribution in [-0.2, 0) is 0 Å². The number of hydroxylamine groups is 2. The first kappa shape index (κ1) is 15.5. The normalized spacial score (nSPS) is 11.1. The van der Waals surface area contributed by atoms with E-state index in [1.807, 2.05) is 13.8 Å². The number of benzene rings is 1. The van der Waals surface area contributed by atoms with Crippen LogP contribution in [0.4, 0.5) is 0 Å². The molecule has 0 radical (unpaired) electrons. The summed E-state index contributed by atoms with van der Waals surface area (Å²) in [6.45, 7) is 5.21. The molecule has 0 heterocycles. The summed E-state index contributed by atoms with van der Waals surface area (Å²) in [6, 6.07) is 0. The summed E-state index contributed by atoms with van der Waals surface area (Å²) in [4.78, 5) is 5.53. The van der Waals surface area contributed by atoms with Gasteiger partial charge in [-0.2, -0.15) is 0 Å². The number of halogens is 5. The molecular weight excluding hydrogens is 327 g/mol. The second kappa shape index (κ2) is 6.55. The van der Waals surface area contributed by atoms with Gasteiger partial charge in [0.1, 0.15) is 10.0 Å². The summed E-state index contributed by atoms with van der Waals surface area (Å²) < 4.78 is 0. The Morgan fingerprint density at radius 1 is 0.765 bits per heavy atom. The fourth-order valence-corrected chi connectivity index (χ4v) is 2.34. The number of nitrogens with zero attached hydrogens (tertiary/aromatic N) is 1. The zero-order chi connectivity index (χ0) is 13.2. The first-order valence-corrected chi connectivity index (χ1v) is 6.77. The minimum Gasteiger partial charge on any atom is -0.403 e. The quantitative estimate of drug-likeness (QED) is 0.403. The number of rotatable bonds is 4. The van der Waals surface area contributed by atoms with Crippen LogP contribution in [0.25, 0.3) is 0 Å². The van der Waals surface area contributed by atoms with Crippen molar-refractivity contribution in [3.63, 3.8) is 0 Å². The van der Waals surface area contributed by atoms with E-state index in [0.29, 0.717) is 13.1 Å². The molecule has 0 fully saturated rings. The average Bonchev–Trinajstić information content (AvgIpc) is 2.34. The minimum absolute atomic E-state index is 0.121. The predicted octanol–water partition coefficient (Wildman–Crippen LogP) is 5.59. The van der Waals surface area contributed by atoms with Gasteiger partial charge in [-0.3, -0.25) is 0 Å². The molecule has 1 rings (SSSR count). The molecule has 0 spiro atoms. The highest BCUT2D eigenvalue weighted by molar-refractivity contribution is 6.55. The second-order valence-electron chi connectivity index (χ2n) is 3.10. The molecule has 0 saturated heterocycles. The van der Waals surface area contributed by atoms with Crippen LogP contribution in [0.3, 0.4) is 0 Å². The standard InChI is InChI=1S/C10H10Cl5NO/c1-3-16(4-2)17-10-8(14)6(12)5(11)7(13)9(10)15/h3-4H2,1-2H3. The molecule has 0 unspecified atom stereocenters. The van der Waals surface area contributed by atoms with E-state index in [9.17, 15) is 0 Å². The van der Waals surface area contributed by atoms with Crippen LogP contribution in [0.1, 0.15) is 13.8 Å². The van der Waals surface area contributed by atoms with E-state index in [1.54, 1.807) is 5.06 Å². The first-order chi connectivity index (χ1) is 7.93. The van der Waals surface area contributed by atoms with Gasteiger partial charge in [-0.1, -0.05) is 58.0 Å². The van der Waals surface area contributed by atoms with Crippen molar-refractivity contribution in [2.75, 3.05) is 13.1 Å². The van der Waals surface area contributed by atoms with Crippen LogP contribution >= 0.6 is 58.0 Å². The molecule has 17 heavy (non-hydrogen) atoms. The van der Waals surface area contributed by atoms with Gasteiger partial charge in [-0.25, -0.2) is 0 Å². The van der Waals surface area contributed by atoms with E-state index in [2.05, 4.69) is 0 Å². The molecule has 2 nitrogen and oxygen atoms in total. The second-order valence-corrected chi connectivity index (χ2v) is 4.99. The van der Waals surface area contributed by atoms with Gasteiger partial charge in [0.2, 0.25) is 0 Å². The zero-order valence-corrected chi connectivity index (χ0v) is 12.9. The Labute approximate surface area is 125 Å². The third-order valence-electron chi connectivity index (χ3n) is 2.10. The monoisotopic (exact) mass is 335 g/mol. The number of hydrogen-bond acceptors (Lipinski definition) is 2. The lowest BCUT2D eigenvalue weighted by atomic mass is 10.3. The SMILES string of the molecule is CCN(CC)Oc1c(Cl)c(Cl)c(Cl)c(Cl)c1Cl. The Kier molecular flexibility index (Phi) is 5.97. The van der Waals surface area contributed by atoms with Gasteiger partial charge in [0.25, 0.3) is 0 Å². The van der Waals surface area contributed by atoms with E-state index < -0.39 is 0 Å². The molecular formula is C10H10Cl5NO. The van der Waals surface area contributed by atoms with E-state index in [0.717, 1.165) is 0 Å². The van der Waals surface area contributed by atoms with Crippen LogP contribution in [0.15, 0.2) is 0 Å². The van der Waals surface area contributed by atoms with Crippen LogP contribution < -0.4 is 4.84 Å². The van der Waals surface area contributed by atoms with Crippen molar-refractivity contribution < 1.29 is 4.84 Å². The smallest absolute Gasteiger partial charge is 0.187 e. The molecule has 0 amide bonds. The summed E-state index contributed by atoms with van der Waals surface area (Å²) in [6.07, 6.45) is 0. The molecule has 1 aromatic carbocycles. The molecule has 96 valence electrons. The Morgan fingerprint density at radius 2 is 1.12 bits per heavy atom. The van der Waals surface area contributed by atoms with Gasteiger partial charge in [-0.05, 0) is 13.8 Å². The Hall–Kier alpha value is 0.430. The van der Waals surface area contributed by atoms with Crippen molar-refractivity contribution in [2.24, 2.45) is 0 Å². The molecule has 7 heteroatoms. The van der Waals surface area contributed by atoms with Crippen molar-refractivity contribution in [3.05, 3.63) is 25.1 Å². The van der Waals surface area contributed by atoms with Gasteiger partial charge in [0, 0.05) is 13.1 Å². The topological polar surface area (TPSA) is 12.5 Å². The summed E-state index contributed by atoms with van der Waals surface area (Å²) in [5, 5.41) is 2.34. The van der Waals surface area contributed by atoms with Gasteiger partial charge >= 0.3 is 0 Å². The van der Waals surface area contributed by atoms with Gasteiger partial charge in [0.15, 0.2) is 5.75 Å². The van der Waals surface area contributed by atoms with Crippen LogP contribution in [-0.4, -0.2) is 18.2 Å². The van der Waals surface area contributed by atoms with Crippen molar-refractivity contribution in [1.82, 2.24) is 5.06 Å². The molecule has 0 atom stereocenters. The molecule has 0 aromatic heterocycles. The third kappa shape index (κ3) is 3.25. The Morgan fingerprint density at radius 3 is 1.47 bits per heavy atom. The molecule has 0 aliphatic rings. The third-order valence-corrected chi connectivity index (χ3v) is 4.34. The van der Waals surface area contributed by atoms with Crippen LogP contribution in [0.5, 0.6) is 5.75 Å². The molecule has 0 aliphatic heterocycles. The predicted molar refractivity (Wildman–Crippen MR) is 75.0 cm³/mol. The molecule has 0 bridgehead atoms. The molecule has 0 N–H and O–H groups in total. The van der Waals surface area contributed by atoms with E-state index in [4.69, 9.17) is 62.8 Å². The highest BCUT2D eigenvalue weighted by Gasteiger charge is 2.22. The summed E-state index contributed by atoms with van der Waals surface area (Å²) in [7, 11) is 0. The molecule has 1 aromatic rings. The van der Waals surface area contributed by atoms with E-state index >= 15 is 0 Å². The fourth-order valence-electron chi connectivity index (χ4n) is 1.15. The van der Waals surface area contributed by atoms with Crippen LogP contribution in [0, 0.1) is 0 Å². The van der Waals surface area contributed by atoms with Crippen molar-refractivity contribution >= 4 is 58.0 Å². The Bertz CT molecular complexity index is 391. The highest BCUT2D eigenvalue weighted by Crippen LogP contribution is 2.48. The zero-order valence-electron chi connectivity index (χ0n) is 9.16. The van der Waals surface area contributed by atoms with E-state index in [1.165, 1.54) is 0 Å². The summed E-state index contributed by atoms with van der Waals surface area (Å²) in [5.74, 6) is 0.219. The Balaban J connectivity index is 3.24. The van der Waals surface area contributed by atoms with Crippen molar-refractivity contribution in [1.29, 1.82) is 0 Å². The maximum absolute atomic E-state index is 6.02. The summed E-state index contributed by atoms with van der Waals surface area (Å²) in [5.41, 5.74) is 0. The molecule has 0 saturated carbocycles. The molecule has 0 aliphatic carbocycles. The fraction of sp³-hybridized carbons (Fsp3) is 0.400. The average molecular weight is 337 g/mol. The van der Waals surface area contributed by atoms with Gasteiger partial charge in [-0.15, -0.1) is 5.06 Å². The van der Waals surface area contributed by atoms with Crippen molar-refractivity contribution in [2.45, 2.75) is 13.8 Å². The lowest BCUT2D eigenvalue weighted by Gasteiger charge is -2.21. The largest absolute Gasteiger partial charge is 0.403 e. The summed E-state index contributed by atoms with van der Waals surface area (Å²) >= 11 is 29.8. The van der Waals surface area contributed by atoms with Gasteiger partial charge in [0.05, 0.1) is 15.1 Å².